The average Bonchev–Trinajstić information content (AvgIpc) is 2.70. The molecule has 0 saturated heterocycles. The number of hydrogen-bond donors (Lipinski definition) is 0. The van der Waals surface area contributed by atoms with E-state index >= 15 is 0 Å². The standard InChI is InChI=1S/C25H37F/c1-18-2-4-19(5-3-18)20-6-8-21(9-7-20)22-10-12-23(13-11-22)24-14-16-25(26)17-15-24/h2-5,20-25H,6-17H2,1H3. The van der Waals surface area contributed by atoms with Crippen LogP contribution < -0.4 is 0 Å². The number of alkyl halides is 1. The van der Waals surface area contributed by atoms with Crippen molar-refractivity contribution in [3.8, 4) is 0 Å². The first kappa shape index (κ1) is 18.5. The maximum absolute atomic E-state index is 13.4. The minimum Gasteiger partial charge on any atom is -0.247 e. The molecule has 3 aliphatic rings. The van der Waals surface area contributed by atoms with Crippen molar-refractivity contribution in [2.24, 2.45) is 23.7 Å². The Morgan fingerprint density at radius 2 is 0.962 bits per heavy atom. The highest BCUT2D eigenvalue weighted by molar-refractivity contribution is 5.24. The third-order valence-electron chi connectivity index (χ3n) is 8.17. The predicted octanol–water partition coefficient (Wildman–Crippen LogP) is 7.60. The fraction of sp³-hybridized carbons (Fsp3) is 0.760. The van der Waals surface area contributed by atoms with Gasteiger partial charge in [0, 0.05) is 0 Å². The van der Waals surface area contributed by atoms with Gasteiger partial charge in [-0.25, -0.2) is 4.39 Å². The normalized spacial score (nSPS) is 38.8. The van der Waals surface area contributed by atoms with E-state index in [0.717, 1.165) is 55.3 Å². The Kier molecular flexibility index (Phi) is 6.01. The molecule has 1 aromatic rings. The summed E-state index contributed by atoms with van der Waals surface area (Å²) < 4.78 is 13.4. The molecule has 0 heterocycles. The van der Waals surface area contributed by atoms with Gasteiger partial charge in [-0.15, -0.1) is 0 Å². The van der Waals surface area contributed by atoms with E-state index in [1.54, 1.807) is 5.56 Å². The lowest BCUT2D eigenvalue weighted by atomic mass is 9.65. The smallest absolute Gasteiger partial charge is 0.100 e. The van der Waals surface area contributed by atoms with Crippen molar-refractivity contribution in [3.63, 3.8) is 0 Å². The SMILES string of the molecule is Cc1ccc(C2CCC(C3CCC(C4CCC(F)CC4)CC3)CC2)cc1. The van der Waals surface area contributed by atoms with Gasteiger partial charge in [0.2, 0.25) is 0 Å². The first-order valence-corrected chi connectivity index (χ1v) is 11.4. The highest BCUT2D eigenvalue weighted by Crippen LogP contribution is 2.46. The topological polar surface area (TPSA) is 0 Å². The van der Waals surface area contributed by atoms with Crippen molar-refractivity contribution >= 4 is 0 Å². The number of halogens is 1. The Hall–Kier alpha value is -0.850. The number of benzene rings is 1. The highest BCUT2D eigenvalue weighted by atomic mass is 19.1. The molecule has 3 saturated carbocycles. The Morgan fingerprint density at radius 1 is 0.577 bits per heavy atom. The molecule has 1 heteroatoms. The summed E-state index contributed by atoms with van der Waals surface area (Å²) in [6.45, 7) is 2.18. The largest absolute Gasteiger partial charge is 0.247 e. The van der Waals surface area contributed by atoms with Gasteiger partial charge in [0.25, 0.3) is 0 Å². The molecule has 4 rings (SSSR count). The molecule has 26 heavy (non-hydrogen) atoms. The zero-order chi connectivity index (χ0) is 17.9. The van der Waals surface area contributed by atoms with Crippen LogP contribution in [0.4, 0.5) is 4.39 Å². The zero-order valence-corrected chi connectivity index (χ0v) is 16.6. The monoisotopic (exact) mass is 356 g/mol. The second-order valence-corrected chi connectivity index (χ2v) is 9.71. The van der Waals surface area contributed by atoms with E-state index in [9.17, 15) is 4.39 Å². The Morgan fingerprint density at radius 3 is 1.42 bits per heavy atom. The summed E-state index contributed by atoms with van der Waals surface area (Å²) in [7, 11) is 0. The van der Waals surface area contributed by atoms with Gasteiger partial charge in [-0.05, 0) is 119 Å². The molecule has 0 atom stereocenters. The average molecular weight is 357 g/mol. The van der Waals surface area contributed by atoms with Crippen LogP contribution in [0.5, 0.6) is 0 Å². The van der Waals surface area contributed by atoms with Crippen LogP contribution in [0.2, 0.25) is 0 Å². The van der Waals surface area contributed by atoms with E-state index in [1.165, 1.54) is 56.9 Å². The van der Waals surface area contributed by atoms with E-state index in [0.29, 0.717) is 0 Å². The fourth-order valence-corrected chi connectivity index (χ4v) is 6.40. The van der Waals surface area contributed by atoms with Crippen LogP contribution >= 0.6 is 0 Å². The molecule has 3 fully saturated rings. The number of hydrogen-bond acceptors (Lipinski definition) is 0. The summed E-state index contributed by atoms with van der Waals surface area (Å²) in [6.07, 6.45) is 15.0. The second kappa shape index (κ2) is 8.44. The van der Waals surface area contributed by atoms with Crippen molar-refractivity contribution in [3.05, 3.63) is 35.4 Å². The molecule has 0 amide bonds. The number of aryl methyl sites for hydroxylation is 1. The highest BCUT2D eigenvalue weighted by Gasteiger charge is 2.34. The van der Waals surface area contributed by atoms with Crippen LogP contribution in [-0.4, -0.2) is 6.17 Å². The van der Waals surface area contributed by atoms with Gasteiger partial charge in [0.15, 0.2) is 0 Å². The van der Waals surface area contributed by atoms with E-state index in [1.807, 2.05) is 0 Å². The minimum absolute atomic E-state index is 0.494. The van der Waals surface area contributed by atoms with E-state index in [2.05, 4.69) is 31.2 Å². The lowest BCUT2D eigenvalue weighted by Crippen LogP contribution is -2.29. The molecule has 1 aromatic carbocycles. The molecule has 0 aromatic heterocycles. The first-order valence-electron chi connectivity index (χ1n) is 11.4. The van der Waals surface area contributed by atoms with Crippen molar-refractivity contribution in [1.82, 2.24) is 0 Å². The minimum atomic E-state index is -0.494. The van der Waals surface area contributed by atoms with Crippen LogP contribution in [0.15, 0.2) is 24.3 Å². The summed E-state index contributed by atoms with van der Waals surface area (Å²) in [4.78, 5) is 0. The maximum atomic E-state index is 13.4. The quantitative estimate of drug-likeness (QED) is 0.523. The van der Waals surface area contributed by atoms with Crippen LogP contribution in [0.1, 0.15) is 94.1 Å². The molecule has 0 unspecified atom stereocenters. The van der Waals surface area contributed by atoms with Crippen LogP contribution in [-0.2, 0) is 0 Å². The molecule has 144 valence electrons. The molecule has 0 aliphatic heterocycles. The first-order chi connectivity index (χ1) is 12.7. The van der Waals surface area contributed by atoms with Gasteiger partial charge >= 0.3 is 0 Å². The lowest BCUT2D eigenvalue weighted by Gasteiger charge is -2.41. The van der Waals surface area contributed by atoms with Gasteiger partial charge < -0.3 is 0 Å². The predicted molar refractivity (Wildman–Crippen MR) is 108 cm³/mol. The third kappa shape index (κ3) is 4.34. The summed E-state index contributed by atoms with van der Waals surface area (Å²) in [5.41, 5.74) is 2.94. The Bertz CT molecular complexity index is 538. The van der Waals surface area contributed by atoms with Gasteiger partial charge in [-0.1, -0.05) is 29.8 Å². The van der Waals surface area contributed by atoms with Crippen molar-refractivity contribution in [2.45, 2.75) is 96.1 Å². The van der Waals surface area contributed by atoms with E-state index in [4.69, 9.17) is 0 Å². The molecular formula is C25H37F. The molecule has 0 nitrogen and oxygen atoms in total. The zero-order valence-electron chi connectivity index (χ0n) is 16.6. The molecule has 3 aliphatic carbocycles. The molecular weight excluding hydrogens is 319 g/mol. The van der Waals surface area contributed by atoms with Gasteiger partial charge in [-0.3, -0.25) is 0 Å². The van der Waals surface area contributed by atoms with Crippen LogP contribution in [0.25, 0.3) is 0 Å². The molecule has 0 N–H and O–H groups in total. The van der Waals surface area contributed by atoms with E-state index < -0.39 is 6.17 Å². The third-order valence-corrected chi connectivity index (χ3v) is 8.17. The summed E-state index contributed by atoms with van der Waals surface area (Å²) in [6, 6.07) is 9.27. The van der Waals surface area contributed by atoms with Gasteiger partial charge in [-0.2, -0.15) is 0 Å². The summed E-state index contributed by atoms with van der Waals surface area (Å²) in [5, 5.41) is 0. The second-order valence-electron chi connectivity index (χ2n) is 9.71. The molecule has 0 bridgehead atoms. The fourth-order valence-electron chi connectivity index (χ4n) is 6.40. The molecule has 0 radical (unpaired) electrons. The number of rotatable bonds is 3. The van der Waals surface area contributed by atoms with Crippen molar-refractivity contribution in [2.75, 3.05) is 0 Å². The molecule has 0 spiro atoms. The lowest BCUT2D eigenvalue weighted by molar-refractivity contribution is 0.102. The van der Waals surface area contributed by atoms with Crippen LogP contribution in [0.3, 0.4) is 0 Å². The van der Waals surface area contributed by atoms with Crippen molar-refractivity contribution in [1.29, 1.82) is 0 Å². The van der Waals surface area contributed by atoms with Crippen molar-refractivity contribution < 1.29 is 4.39 Å². The summed E-state index contributed by atoms with van der Waals surface area (Å²) in [5.74, 6) is 4.55. The van der Waals surface area contributed by atoms with E-state index in [-0.39, 0.29) is 0 Å². The van der Waals surface area contributed by atoms with Gasteiger partial charge in [0.1, 0.15) is 6.17 Å². The van der Waals surface area contributed by atoms with Gasteiger partial charge in [0.05, 0.1) is 0 Å². The Labute approximate surface area is 160 Å². The Balaban J connectivity index is 1.23. The van der Waals surface area contributed by atoms with Crippen LogP contribution in [0, 0.1) is 30.6 Å². The summed E-state index contributed by atoms with van der Waals surface area (Å²) >= 11 is 0. The maximum Gasteiger partial charge on any atom is 0.100 e.